The first kappa shape index (κ1) is 14.5. The van der Waals surface area contributed by atoms with Gasteiger partial charge in [-0.15, -0.1) is 0 Å². The number of carboxylic acids is 1. The van der Waals surface area contributed by atoms with Gasteiger partial charge in [-0.2, -0.15) is 0 Å². The molecule has 0 saturated heterocycles. The molecule has 0 spiro atoms. The molecular formula is C12H16O5S. The summed E-state index contributed by atoms with van der Waals surface area (Å²) in [6.07, 6.45) is 0. The zero-order chi connectivity index (χ0) is 14.0. The van der Waals surface area contributed by atoms with Gasteiger partial charge in [0, 0.05) is 0 Å². The molecule has 0 bridgehead atoms. The van der Waals surface area contributed by atoms with E-state index in [1.807, 2.05) is 0 Å². The highest BCUT2D eigenvalue weighted by atomic mass is 32.2. The molecule has 0 fully saturated rings. The van der Waals surface area contributed by atoms with E-state index in [0.29, 0.717) is 5.75 Å². The standard InChI is InChI=1S/C12H16O5S/c1-12(2,11(13)14)8-18(15,16)10-6-4-9(17-3)5-7-10/h4-7H,8H2,1-3H3,(H,13,14). The van der Waals surface area contributed by atoms with Gasteiger partial charge in [0.2, 0.25) is 0 Å². The molecule has 1 N–H and O–H groups in total. The van der Waals surface area contributed by atoms with Gasteiger partial charge in [-0.1, -0.05) is 0 Å². The minimum Gasteiger partial charge on any atom is -0.497 e. The van der Waals surface area contributed by atoms with Gasteiger partial charge in [0.25, 0.3) is 0 Å². The molecule has 18 heavy (non-hydrogen) atoms. The van der Waals surface area contributed by atoms with Crippen LogP contribution in [0.25, 0.3) is 0 Å². The number of benzene rings is 1. The summed E-state index contributed by atoms with van der Waals surface area (Å²) in [5.41, 5.74) is -1.32. The minimum atomic E-state index is -3.62. The van der Waals surface area contributed by atoms with Crippen LogP contribution in [0.1, 0.15) is 13.8 Å². The van der Waals surface area contributed by atoms with E-state index in [2.05, 4.69) is 0 Å². The van der Waals surface area contributed by atoms with Crippen molar-refractivity contribution in [3.05, 3.63) is 24.3 Å². The Morgan fingerprint density at radius 1 is 1.28 bits per heavy atom. The fourth-order valence-corrected chi connectivity index (χ4v) is 3.19. The minimum absolute atomic E-state index is 0.0950. The van der Waals surface area contributed by atoms with Gasteiger partial charge in [0.1, 0.15) is 5.75 Å². The second-order valence-electron chi connectivity index (χ2n) is 4.62. The lowest BCUT2D eigenvalue weighted by molar-refractivity contribution is -0.145. The van der Waals surface area contributed by atoms with Crippen LogP contribution in [0.2, 0.25) is 0 Å². The Bertz CT molecular complexity index is 528. The van der Waals surface area contributed by atoms with E-state index >= 15 is 0 Å². The Morgan fingerprint density at radius 3 is 2.17 bits per heavy atom. The molecule has 1 rings (SSSR count). The molecule has 0 saturated carbocycles. The highest BCUT2D eigenvalue weighted by Gasteiger charge is 2.34. The first-order valence-corrected chi connectivity index (χ1v) is 6.94. The second kappa shape index (κ2) is 4.97. The summed E-state index contributed by atoms with van der Waals surface area (Å²) in [6.45, 7) is 2.77. The third kappa shape index (κ3) is 3.22. The van der Waals surface area contributed by atoms with Crippen LogP contribution in [0.15, 0.2) is 29.2 Å². The Hall–Kier alpha value is -1.56. The molecular weight excluding hydrogens is 256 g/mol. The van der Waals surface area contributed by atoms with Crippen molar-refractivity contribution >= 4 is 15.8 Å². The lowest BCUT2D eigenvalue weighted by Gasteiger charge is -2.18. The van der Waals surface area contributed by atoms with Crippen LogP contribution in [0.3, 0.4) is 0 Å². The maximum Gasteiger partial charge on any atom is 0.310 e. The fraction of sp³-hybridized carbons (Fsp3) is 0.417. The SMILES string of the molecule is COc1ccc(S(=O)(=O)CC(C)(C)C(=O)O)cc1. The van der Waals surface area contributed by atoms with Crippen LogP contribution in [0.5, 0.6) is 5.75 Å². The first-order valence-electron chi connectivity index (χ1n) is 5.29. The van der Waals surface area contributed by atoms with Crippen molar-refractivity contribution in [1.29, 1.82) is 0 Å². The molecule has 1 aromatic rings. The Kier molecular flexibility index (Phi) is 4.01. The summed E-state index contributed by atoms with van der Waals surface area (Å²) in [4.78, 5) is 11.0. The first-order chi connectivity index (χ1) is 8.19. The quantitative estimate of drug-likeness (QED) is 0.880. The molecule has 0 aromatic heterocycles. The van der Waals surface area contributed by atoms with Gasteiger partial charge < -0.3 is 9.84 Å². The number of carboxylic acid groups (broad SMARTS) is 1. The monoisotopic (exact) mass is 272 g/mol. The fourth-order valence-electron chi connectivity index (χ4n) is 1.40. The molecule has 100 valence electrons. The van der Waals surface area contributed by atoms with Crippen molar-refractivity contribution in [1.82, 2.24) is 0 Å². The van der Waals surface area contributed by atoms with Gasteiger partial charge in [-0.25, -0.2) is 8.42 Å². The molecule has 0 heterocycles. The third-order valence-corrected chi connectivity index (χ3v) is 4.64. The zero-order valence-electron chi connectivity index (χ0n) is 10.5. The van der Waals surface area contributed by atoms with Crippen LogP contribution in [0, 0.1) is 5.41 Å². The Balaban J connectivity index is 3.03. The van der Waals surface area contributed by atoms with Crippen LogP contribution in [0.4, 0.5) is 0 Å². The number of carbonyl (C=O) groups is 1. The lowest BCUT2D eigenvalue weighted by Crippen LogP contribution is -2.32. The Morgan fingerprint density at radius 2 is 1.78 bits per heavy atom. The highest BCUT2D eigenvalue weighted by Crippen LogP contribution is 2.24. The highest BCUT2D eigenvalue weighted by molar-refractivity contribution is 7.91. The van der Waals surface area contributed by atoms with Gasteiger partial charge in [0.05, 0.1) is 23.2 Å². The summed E-state index contributed by atoms with van der Waals surface area (Å²) < 4.78 is 29.0. The zero-order valence-corrected chi connectivity index (χ0v) is 11.3. The molecule has 1 aromatic carbocycles. The summed E-state index contributed by atoms with van der Waals surface area (Å²) in [5, 5.41) is 8.95. The number of sulfone groups is 1. The van der Waals surface area contributed by atoms with Gasteiger partial charge in [-0.05, 0) is 38.1 Å². The molecule has 0 unspecified atom stereocenters. The average Bonchev–Trinajstić information content (AvgIpc) is 2.27. The maximum absolute atomic E-state index is 12.0. The predicted molar refractivity (Wildman–Crippen MR) is 66.5 cm³/mol. The number of methoxy groups -OCH3 is 1. The van der Waals surface area contributed by atoms with Crippen molar-refractivity contribution in [2.75, 3.05) is 12.9 Å². The molecule has 0 atom stereocenters. The molecule has 0 aliphatic carbocycles. The van der Waals surface area contributed by atoms with E-state index in [1.165, 1.54) is 45.2 Å². The van der Waals surface area contributed by atoms with Crippen LogP contribution >= 0.6 is 0 Å². The molecule has 0 aliphatic heterocycles. The van der Waals surface area contributed by atoms with Crippen LogP contribution in [-0.4, -0.2) is 32.4 Å². The predicted octanol–water partition coefficient (Wildman–Crippen LogP) is 1.58. The van der Waals surface area contributed by atoms with E-state index in [-0.39, 0.29) is 4.90 Å². The van der Waals surface area contributed by atoms with Crippen molar-refractivity contribution in [2.45, 2.75) is 18.7 Å². The lowest BCUT2D eigenvalue weighted by atomic mass is 9.97. The molecule has 0 radical (unpaired) electrons. The van der Waals surface area contributed by atoms with Crippen molar-refractivity contribution in [3.8, 4) is 5.75 Å². The largest absolute Gasteiger partial charge is 0.497 e. The number of aliphatic carboxylic acids is 1. The number of hydrogen-bond donors (Lipinski definition) is 1. The maximum atomic E-state index is 12.0. The van der Waals surface area contributed by atoms with Gasteiger partial charge in [0.15, 0.2) is 9.84 Å². The Labute approximate surface area is 106 Å². The smallest absolute Gasteiger partial charge is 0.310 e. The van der Waals surface area contributed by atoms with Gasteiger partial charge in [-0.3, -0.25) is 4.79 Å². The third-order valence-electron chi connectivity index (χ3n) is 2.55. The average molecular weight is 272 g/mol. The molecule has 5 nitrogen and oxygen atoms in total. The molecule has 0 aliphatic rings. The summed E-state index contributed by atoms with van der Waals surface area (Å²) in [7, 11) is -2.14. The van der Waals surface area contributed by atoms with Crippen LogP contribution in [-0.2, 0) is 14.6 Å². The van der Waals surface area contributed by atoms with E-state index in [0.717, 1.165) is 0 Å². The van der Waals surface area contributed by atoms with E-state index in [9.17, 15) is 13.2 Å². The second-order valence-corrected chi connectivity index (χ2v) is 6.61. The summed E-state index contributed by atoms with van der Waals surface area (Å²) in [6, 6.07) is 5.87. The number of hydrogen-bond acceptors (Lipinski definition) is 4. The van der Waals surface area contributed by atoms with E-state index in [4.69, 9.17) is 9.84 Å². The number of rotatable bonds is 5. The normalized spacial score (nSPS) is 12.2. The van der Waals surface area contributed by atoms with E-state index in [1.54, 1.807) is 0 Å². The molecule has 0 amide bonds. The van der Waals surface area contributed by atoms with Crippen molar-refractivity contribution in [2.24, 2.45) is 5.41 Å². The molecule has 6 heteroatoms. The summed E-state index contributed by atoms with van der Waals surface area (Å²) in [5.74, 6) is -1.03. The van der Waals surface area contributed by atoms with Crippen LogP contribution < -0.4 is 4.74 Å². The van der Waals surface area contributed by atoms with E-state index < -0.39 is 27.0 Å². The van der Waals surface area contributed by atoms with Crippen molar-refractivity contribution in [3.63, 3.8) is 0 Å². The number of ether oxygens (including phenoxy) is 1. The topological polar surface area (TPSA) is 80.7 Å². The van der Waals surface area contributed by atoms with Crippen molar-refractivity contribution < 1.29 is 23.1 Å². The van der Waals surface area contributed by atoms with Gasteiger partial charge >= 0.3 is 5.97 Å². The summed E-state index contributed by atoms with van der Waals surface area (Å²) >= 11 is 0.